The van der Waals surface area contributed by atoms with Gasteiger partial charge in [-0.15, -0.1) is 0 Å². The standard InChI is InChI=1S/C14H20N2O/c1-3-14(17)16-13-9-5-8-12(10(13)2)15-11-6-4-7-11/h5,8-9,11,15H,3-4,6-7H2,1-2H3,(H,16,17). The highest BCUT2D eigenvalue weighted by molar-refractivity contribution is 5.92. The molecule has 1 aliphatic rings. The van der Waals surface area contributed by atoms with Crippen molar-refractivity contribution in [3.63, 3.8) is 0 Å². The van der Waals surface area contributed by atoms with E-state index in [4.69, 9.17) is 0 Å². The first-order valence-electron chi connectivity index (χ1n) is 6.36. The summed E-state index contributed by atoms with van der Waals surface area (Å²) in [7, 11) is 0. The Morgan fingerprint density at radius 3 is 2.65 bits per heavy atom. The highest BCUT2D eigenvalue weighted by atomic mass is 16.1. The van der Waals surface area contributed by atoms with E-state index >= 15 is 0 Å². The van der Waals surface area contributed by atoms with E-state index in [0.29, 0.717) is 12.5 Å². The molecule has 1 aliphatic carbocycles. The zero-order valence-corrected chi connectivity index (χ0v) is 10.5. The molecule has 0 aromatic heterocycles. The Hall–Kier alpha value is -1.51. The maximum Gasteiger partial charge on any atom is 0.224 e. The Morgan fingerprint density at radius 2 is 2.06 bits per heavy atom. The third-order valence-corrected chi connectivity index (χ3v) is 3.39. The van der Waals surface area contributed by atoms with Gasteiger partial charge in [-0.05, 0) is 43.9 Å². The monoisotopic (exact) mass is 232 g/mol. The Labute approximate surface area is 103 Å². The van der Waals surface area contributed by atoms with Crippen LogP contribution < -0.4 is 10.6 Å². The Bertz CT molecular complexity index is 411. The average Bonchev–Trinajstić information content (AvgIpc) is 2.27. The van der Waals surface area contributed by atoms with Crippen molar-refractivity contribution in [2.75, 3.05) is 10.6 Å². The van der Waals surface area contributed by atoms with Gasteiger partial charge in [0.1, 0.15) is 0 Å². The third kappa shape index (κ3) is 2.78. The second-order valence-electron chi connectivity index (χ2n) is 4.65. The van der Waals surface area contributed by atoms with Crippen molar-refractivity contribution in [3.8, 4) is 0 Å². The van der Waals surface area contributed by atoms with E-state index < -0.39 is 0 Å². The summed E-state index contributed by atoms with van der Waals surface area (Å²) in [5.74, 6) is 0.0638. The van der Waals surface area contributed by atoms with Gasteiger partial charge < -0.3 is 10.6 Å². The summed E-state index contributed by atoms with van der Waals surface area (Å²) in [6, 6.07) is 6.63. The van der Waals surface area contributed by atoms with Gasteiger partial charge in [0.05, 0.1) is 0 Å². The molecule has 0 bridgehead atoms. The summed E-state index contributed by atoms with van der Waals surface area (Å²) < 4.78 is 0. The van der Waals surface area contributed by atoms with Gasteiger partial charge in [0.25, 0.3) is 0 Å². The van der Waals surface area contributed by atoms with Crippen LogP contribution in [0.3, 0.4) is 0 Å². The molecule has 0 atom stereocenters. The van der Waals surface area contributed by atoms with Crippen LogP contribution in [0.4, 0.5) is 11.4 Å². The van der Waals surface area contributed by atoms with E-state index in [1.54, 1.807) is 0 Å². The fourth-order valence-electron chi connectivity index (χ4n) is 1.94. The lowest BCUT2D eigenvalue weighted by Gasteiger charge is -2.28. The molecule has 2 rings (SSSR count). The van der Waals surface area contributed by atoms with Crippen molar-refractivity contribution in [1.82, 2.24) is 0 Å². The summed E-state index contributed by atoms with van der Waals surface area (Å²) in [6.45, 7) is 3.91. The molecule has 92 valence electrons. The fraction of sp³-hybridized carbons (Fsp3) is 0.500. The maximum atomic E-state index is 11.4. The number of rotatable bonds is 4. The lowest BCUT2D eigenvalue weighted by Crippen LogP contribution is -2.27. The minimum absolute atomic E-state index is 0.0638. The number of hydrogen-bond acceptors (Lipinski definition) is 2. The van der Waals surface area contributed by atoms with Crippen molar-refractivity contribution < 1.29 is 4.79 Å². The summed E-state index contributed by atoms with van der Waals surface area (Å²) in [5.41, 5.74) is 3.19. The first-order valence-corrected chi connectivity index (χ1v) is 6.36. The summed E-state index contributed by atoms with van der Waals surface area (Å²) in [6.07, 6.45) is 4.35. The van der Waals surface area contributed by atoms with E-state index in [1.807, 2.05) is 26.0 Å². The predicted molar refractivity (Wildman–Crippen MR) is 71.4 cm³/mol. The van der Waals surface area contributed by atoms with Crippen LogP contribution in [0.5, 0.6) is 0 Å². The predicted octanol–water partition coefficient (Wildman–Crippen LogP) is 3.31. The van der Waals surface area contributed by atoms with Crippen LogP contribution >= 0.6 is 0 Å². The molecule has 0 radical (unpaired) electrons. The zero-order valence-electron chi connectivity index (χ0n) is 10.5. The Balaban J connectivity index is 2.11. The molecule has 1 fully saturated rings. The molecule has 1 aromatic rings. The molecular formula is C14H20N2O. The molecular weight excluding hydrogens is 212 g/mol. The minimum atomic E-state index is 0.0638. The molecule has 1 aromatic carbocycles. The summed E-state index contributed by atoms with van der Waals surface area (Å²) >= 11 is 0. The molecule has 2 N–H and O–H groups in total. The van der Waals surface area contributed by atoms with Gasteiger partial charge in [-0.1, -0.05) is 13.0 Å². The topological polar surface area (TPSA) is 41.1 Å². The lowest BCUT2D eigenvalue weighted by molar-refractivity contribution is -0.115. The van der Waals surface area contributed by atoms with E-state index in [2.05, 4.69) is 16.7 Å². The van der Waals surface area contributed by atoms with Crippen LogP contribution in [0, 0.1) is 6.92 Å². The molecule has 0 spiro atoms. The van der Waals surface area contributed by atoms with Crippen molar-refractivity contribution in [3.05, 3.63) is 23.8 Å². The Kier molecular flexibility index (Phi) is 3.67. The quantitative estimate of drug-likeness (QED) is 0.836. The molecule has 0 aliphatic heterocycles. The second kappa shape index (κ2) is 5.21. The highest BCUT2D eigenvalue weighted by Gasteiger charge is 2.18. The Morgan fingerprint density at radius 1 is 1.35 bits per heavy atom. The maximum absolute atomic E-state index is 11.4. The van der Waals surface area contributed by atoms with Crippen LogP contribution in [-0.2, 0) is 4.79 Å². The average molecular weight is 232 g/mol. The van der Waals surface area contributed by atoms with Crippen molar-refractivity contribution in [2.24, 2.45) is 0 Å². The van der Waals surface area contributed by atoms with Crippen LogP contribution in [0.2, 0.25) is 0 Å². The van der Waals surface area contributed by atoms with Gasteiger partial charge in [0, 0.05) is 23.8 Å². The third-order valence-electron chi connectivity index (χ3n) is 3.39. The molecule has 1 saturated carbocycles. The summed E-state index contributed by atoms with van der Waals surface area (Å²) in [4.78, 5) is 11.4. The van der Waals surface area contributed by atoms with Crippen molar-refractivity contribution in [1.29, 1.82) is 0 Å². The zero-order chi connectivity index (χ0) is 12.3. The number of benzene rings is 1. The molecule has 0 unspecified atom stereocenters. The molecule has 0 saturated heterocycles. The van der Waals surface area contributed by atoms with E-state index in [-0.39, 0.29) is 5.91 Å². The number of anilines is 2. The SMILES string of the molecule is CCC(=O)Nc1cccc(NC2CCC2)c1C. The number of carbonyl (C=O) groups excluding carboxylic acids is 1. The van der Waals surface area contributed by atoms with Crippen LogP contribution in [0.25, 0.3) is 0 Å². The van der Waals surface area contributed by atoms with Crippen LogP contribution in [0.1, 0.15) is 38.2 Å². The number of hydrogen-bond donors (Lipinski definition) is 2. The van der Waals surface area contributed by atoms with E-state index in [0.717, 1.165) is 16.9 Å². The lowest BCUT2D eigenvalue weighted by atomic mass is 9.92. The molecule has 0 heterocycles. The molecule has 3 nitrogen and oxygen atoms in total. The first-order chi connectivity index (χ1) is 8.20. The molecule has 17 heavy (non-hydrogen) atoms. The van der Waals surface area contributed by atoms with Gasteiger partial charge in [-0.3, -0.25) is 4.79 Å². The van der Waals surface area contributed by atoms with Crippen LogP contribution in [-0.4, -0.2) is 11.9 Å². The van der Waals surface area contributed by atoms with Gasteiger partial charge in [-0.25, -0.2) is 0 Å². The van der Waals surface area contributed by atoms with Gasteiger partial charge in [0.15, 0.2) is 0 Å². The number of carbonyl (C=O) groups is 1. The summed E-state index contributed by atoms with van der Waals surface area (Å²) in [5, 5.41) is 6.46. The number of nitrogens with one attached hydrogen (secondary N) is 2. The largest absolute Gasteiger partial charge is 0.382 e. The van der Waals surface area contributed by atoms with Crippen molar-refractivity contribution >= 4 is 17.3 Å². The van der Waals surface area contributed by atoms with Gasteiger partial charge in [0.2, 0.25) is 5.91 Å². The smallest absolute Gasteiger partial charge is 0.224 e. The fourth-order valence-corrected chi connectivity index (χ4v) is 1.94. The minimum Gasteiger partial charge on any atom is -0.382 e. The van der Waals surface area contributed by atoms with Crippen molar-refractivity contribution in [2.45, 2.75) is 45.6 Å². The molecule has 3 heteroatoms. The van der Waals surface area contributed by atoms with E-state index in [9.17, 15) is 4.79 Å². The number of amides is 1. The highest BCUT2D eigenvalue weighted by Crippen LogP contribution is 2.28. The van der Waals surface area contributed by atoms with Gasteiger partial charge in [-0.2, -0.15) is 0 Å². The molecule has 1 amide bonds. The second-order valence-corrected chi connectivity index (χ2v) is 4.65. The van der Waals surface area contributed by atoms with Crippen LogP contribution in [0.15, 0.2) is 18.2 Å². The van der Waals surface area contributed by atoms with Gasteiger partial charge >= 0.3 is 0 Å². The van der Waals surface area contributed by atoms with E-state index in [1.165, 1.54) is 19.3 Å². The first kappa shape index (κ1) is 12.0. The normalized spacial score (nSPS) is 15.2.